The summed E-state index contributed by atoms with van der Waals surface area (Å²) in [4.78, 5) is 0. The first kappa shape index (κ1) is 10.2. The van der Waals surface area contributed by atoms with Crippen molar-refractivity contribution in [1.29, 1.82) is 0 Å². The smallest absolute Gasteiger partial charge is 0.0704 e. The SMILES string of the molecule is CCc1ccccc1[C@@H](N)[C@H](C)O. The quantitative estimate of drug-likeness (QED) is 0.740. The Morgan fingerprint density at radius 1 is 1.38 bits per heavy atom. The maximum atomic E-state index is 9.37. The van der Waals surface area contributed by atoms with E-state index in [1.807, 2.05) is 18.2 Å². The molecule has 0 radical (unpaired) electrons. The van der Waals surface area contributed by atoms with Gasteiger partial charge in [0.05, 0.1) is 12.1 Å². The highest BCUT2D eigenvalue weighted by atomic mass is 16.3. The highest BCUT2D eigenvalue weighted by Crippen LogP contribution is 2.19. The lowest BCUT2D eigenvalue weighted by molar-refractivity contribution is 0.164. The summed E-state index contributed by atoms with van der Waals surface area (Å²) in [6.07, 6.45) is 0.462. The number of aryl methyl sites for hydroxylation is 1. The molecular formula is C11H17NO. The van der Waals surface area contributed by atoms with Gasteiger partial charge in [-0.3, -0.25) is 0 Å². The van der Waals surface area contributed by atoms with Crippen molar-refractivity contribution in [2.24, 2.45) is 5.73 Å². The van der Waals surface area contributed by atoms with Crippen LogP contribution in [0.4, 0.5) is 0 Å². The van der Waals surface area contributed by atoms with Gasteiger partial charge in [0.1, 0.15) is 0 Å². The highest BCUT2D eigenvalue weighted by Gasteiger charge is 2.13. The van der Waals surface area contributed by atoms with Crippen molar-refractivity contribution >= 4 is 0 Å². The molecule has 1 rings (SSSR count). The van der Waals surface area contributed by atoms with Crippen molar-refractivity contribution in [1.82, 2.24) is 0 Å². The summed E-state index contributed by atoms with van der Waals surface area (Å²) in [5.41, 5.74) is 8.14. The van der Waals surface area contributed by atoms with Crippen molar-refractivity contribution < 1.29 is 5.11 Å². The fourth-order valence-corrected chi connectivity index (χ4v) is 1.44. The van der Waals surface area contributed by atoms with Gasteiger partial charge in [0.25, 0.3) is 0 Å². The second-order valence-corrected chi connectivity index (χ2v) is 3.32. The van der Waals surface area contributed by atoms with Gasteiger partial charge >= 0.3 is 0 Å². The fourth-order valence-electron chi connectivity index (χ4n) is 1.44. The van der Waals surface area contributed by atoms with Crippen LogP contribution in [0.2, 0.25) is 0 Å². The van der Waals surface area contributed by atoms with E-state index in [0.717, 1.165) is 12.0 Å². The Hall–Kier alpha value is -0.860. The zero-order valence-corrected chi connectivity index (χ0v) is 8.20. The maximum absolute atomic E-state index is 9.37. The van der Waals surface area contributed by atoms with Crippen molar-refractivity contribution in [3.63, 3.8) is 0 Å². The Kier molecular flexibility index (Phi) is 3.46. The van der Waals surface area contributed by atoms with Crippen LogP contribution in [0.1, 0.15) is 31.0 Å². The summed E-state index contributed by atoms with van der Waals surface area (Å²) < 4.78 is 0. The van der Waals surface area contributed by atoms with Crippen molar-refractivity contribution in [3.8, 4) is 0 Å². The van der Waals surface area contributed by atoms with E-state index in [1.54, 1.807) is 6.92 Å². The van der Waals surface area contributed by atoms with Crippen LogP contribution in [-0.4, -0.2) is 11.2 Å². The molecule has 3 N–H and O–H groups in total. The summed E-state index contributed by atoms with van der Waals surface area (Å²) in [7, 11) is 0. The van der Waals surface area contributed by atoms with Crippen LogP contribution in [0.5, 0.6) is 0 Å². The zero-order valence-electron chi connectivity index (χ0n) is 8.20. The van der Waals surface area contributed by atoms with Crippen LogP contribution in [0.3, 0.4) is 0 Å². The van der Waals surface area contributed by atoms with Gasteiger partial charge in [-0.2, -0.15) is 0 Å². The summed E-state index contributed by atoms with van der Waals surface area (Å²) in [5.74, 6) is 0. The second-order valence-electron chi connectivity index (χ2n) is 3.32. The molecule has 1 aromatic carbocycles. The Morgan fingerprint density at radius 3 is 2.54 bits per heavy atom. The van der Waals surface area contributed by atoms with Gasteiger partial charge < -0.3 is 10.8 Å². The van der Waals surface area contributed by atoms with Gasteiger partial charge in [-0.1, -0.05) is 31.2 Å². The van der Waals surface area contributed by atoms with E-state index >= 15 is 0 Å². The Balaban J connectivity index is 2.98. The molecule has 0 aliphatic rings. The highest BCUT2D eigenvalue weighted by molar-refractivity contribution is 5.30. The van der Waals surface area contributed by atoms with E-state index in [4.69, 9.17) is 5.73 Å². The molecule has 0 saturated carbocycles. The molecule has 1 aromatic rings. The Labute approximate surface area is 79.4 Å². The van der Waals surface area contributed by atoms with Crippen LogP contribution < -0.4 is 5.73 Å². The number of aliphatic hydroxyl groups is 1. The van der Waals surface area contributed by atoms with Gasteiger partial charge in [0, 0.05) is 0 Å². The predicted octanol–water partition coefficient (Wildman–Crippen LogP) is 1.63. The molecule has 0 spiro atoms. The van der Waals surface area contributed by atoms with Crippen LogP contribution >= 0.6 is 0 Å². The molecule has 0 aromatic heterocycles. The third-order valence-electron chi connectivity index (χ3n) is 2.31. The molecular weight excluding hydrogens is 162 g/mol. The number of aliphatic hydroxyl groups excluding tert-OH is 1. The standard InChI is InChI=1S/C11H17NO/c1-3-9-6-4-5-7-10(9)11(12)8(2)13/h4-8,11,13H,3,12H2,1-2H3/t8-,11-/m0/s1. The summed E-state index contributed by atoms with van der Waals surface area (Å²) >= 11 is 0. The van der Waals surface area contributed by atoms with Crippen molar-refractivity contribution in [2.45, 2.75) is 32.4 Å². The van der Waals surface area contributed by atoms with Crippen molar-refractivity contribution in [2.75, 3.05) is 0 Å². The molecule has 0 amide bonds. The number of rotatable bonds is 3. The summed E-state index contributed by atoms with van der Waals surface area (Å²) in [6, 6.07) is 7.72. The minimum absolute atomic E-state index is 0.267. The topological polar surface area (TPSA) is 46.2 Å². The summed E-state index contributed by atoms with van der Waals surface area (Å²) in [5, 5.41) is 9.37. The third kappa shape index (κ3) is 2.29. The molecule has 0 aliphatic heterocycles. The number of benzene rings is 1. The molecule has 0 bridgehead atoms. The molecule has 13 heavy (non-hydrogen) atoms. The van der Waals surface area contributed by atoms with Crippen molar-refractivity contribution in [3.05, 3.63) is 35.4 Å². The van der Waals surface area contributed by atoms with Gasteiger partial charge in [0.2, 0.25) is 0 Å². The molecule has 0 unspecified atom stereocenters. The second kappa shape index (κ2) is 4.40. The van der Waals surface area contributed by atoms with Gasteiger partial charge in [0.15, 0.2) is 0 Å². The first-order valence-corrected chi connectivity index (χ1v) is 4.68. The van der Waals surface area contributed by atoms with E-state index in [2.05, 4.69) is 13.0 Å². The van der Waals surface area contributed by atoms with E-state index in [1.165, 1.54) is 5.56 Å². The molecule has 0 saturated heterocycles. The lowest BCUT2D eigenvalue weighted by atomic mass is 9.96. The first-order chi connectivity index (χ1) is 6.16. The lowest BCUT2D eigenvalue weighted by Crippen LogP contribution is -2.24. The van der Waals surface area contributed by atoms with E-state index < -0.39 is 6.10 Å². The van der Waals surface area contributed by atoms with Crippen LogP contribution in [0.25, 0.3) is 0 Å². The molecule has 2 atom stereocenters. The Morgan fingerprint density at radius 2 is 2.00 bits per heavy atom. The predicted molar refractivity (Wildman–Crippen MR) is 54.4 cm³/mol. The molecule has 72 valence electrons. The minimum Gasteiger partial charge on any atom is -0.391 e. The average Bonchev–Trinajstić information content (AvgIpc) is 2.16. The zero-order chi connectivity index (χ0) is 9.84. The maximum Gasteiger partial charge on any atom is 0.0704 e. The lowest BCUT2D eigenvalue weighted by Gasteiger charge is -2.18. The Bertz CT molecular complexity index is 271. The normalized spacial score (nSPS) is 15.4. The van der Waals surface area contributed by atoms with E-state index in [0.29, 0.717) is 0 Å². The first-order valence-electron chi connectivity index (χ1n) is 4.68. The monoisotopic (exact) mass is 179 g/mol. The molecule has 0 fully saturated rings. The fraction of sp³-hybridized carbons (Fsp3) is 0.455. The van der Waals surface area contributed by atoms with Crippen LogP contribution in [-0.2, 0) is 6.42 Å². The van der Waals surface area contributed by atoms with Gasteiger partial charge in [-0.05, 0) is 24.5 Å². The van der Waals surface area contributed by atoms with Gasteiger partial charge in [-0.15, -0.1) is 0 Å². The minimum atomic E-state index is -0.493. The van der Waals surface area contributed by atoms with Crippen LogP contribution in [0.15, 0.2) is 24.3 Å². The number of hydrogen-bond donors (Lipinski definition) is 2. The average molecular weight is 179 g/mol. The number of nitrogens with two attached hydrogens (primary N) is 1. The van der Waals surface area contributed by atoms with Crippen LogP contribution in [0, 0.1) is 0 Å². The molecule has 0 heterocycles. The number of hydrogen-bond acceptors (Lipinski definition) is 2. The largest absolute Gasteiger partial charge is 0.391 e. The molecule has 2 nitrogen and oxygen atoms in total. The van der Waals surface area contributed by atoms with E-state index in [9.17, 15) is 5.11 Å². The van der Waals surface area contributed by atoms with E-state index in [-0.39, 0.29) is 6.04 Å². The summed E-state index contributed by atoms with van der Waals surface area (Å²) in [6.45, 7) is 3.81. The third-order valence-corrected chi connectivity index (χ3v) is 2.31. The molecule has 2 heteroatoms. The van der Waals surface area contributed by atoms with Gasteiger partial charge in [-0.25, -0.2) is 0 Å². The molecule has 0 aliphatic carbocycles.